The highest BCUT2D eigenvalue weighted by Crippen LogP contribution is 1.99. The molecule has 6 heteroatoms. The van der Waals surface area contributed by atoms with Gasteiger partial charge in [0.25, 0.3) is 0 Å². The first kappa shape index (κ1) is 12.9. The highest BCUT2D eigenvalue weighted by atomic mass is 32.1. The van der Waals surface area contributed by atoms with Crippen molar-refractivity contribution in [2.45, 2.75) is 13.5 Å². The van der Waals surface area contributed by atoms with Crippen molar-refractivity contribution in [2.24, 2.45) is 7.05 Å². The van der Waals surface area contributed by atoms with Crippen LogP contribution in [0.5, 0.6) is 0 Å². The second kappa shape index (κ2) is 6.44. The molecule has 0 aliphatic heterocycles. The number of rotatable bonds is 5. The topological polar surface area (TPSA) is 53.9 Å². The predicted molar refractivity (Wildman–Crippen MR) is 69.3 cm³/mol. The lowest BCUT2D eigenvalue weighted by atomic mass is 10.5. The molecule has 0 amide bonds. The van der Waals surface area contributed by atoms with Crippen LogP contribution in [0.3, 0.4) is 0 Å². The molecule has 16 heavy (non-hydrogen) atoms. The van der Waals surface area contributed by atoms with Crippen molar-refractivity contribution < 1.29 is 0 Å². The van der Waals surface area contributed by atoms with Gasteiger partial charge in [0.05, 0.1) is 6.54 Å². The van der Waals surface area contributed by atoms with E-state index >= 15 is 0 Å². The molecule has 1 aromatic heterocycles. The van der Waals surface area contributed by atoms with E-state index in [9.17, 15) is 0 Å². The van der Waals surface area contributed by atoms with Gasteiger partial charge in [-0.1, -0.05) is 0 Å². The highest BCUT2D eigenvalue weighted by molar-refractivity contribution is 7.80. The van der Waals surface area contributed by atoms with Crippen molar-refractivity contribution >= 4 is 17.3 Å². The maximum Gasteiger partial charge on any atom is 0.166 e. The van der Waals surface area contributed by atoms with E-state index in [1.807, 2.05) is 20.2 Å². The summed E-state index contributed by atoms with van der Waals surface area (Å²) in [5, 5.41) is 9.91. The van der Waals surface area contributed by atoms with Gasteiger partial charge in [0, 0.05) is 39.1 Å². The van der Waals surface area contributed by atoms with Crippen LogP contribution in [0.15, 0.2) is 6.20 Å². The summed E-state index contributed by atoms with van der Waals surface area (Å²) in [6.45, 7) is 4.48. The van der Waals surface area contributed by atoms with E-state index in [2.05, 4.69) is 25.5 Å². The standard InChI is InChI=1S/C10H19N5S/c1-8-6-14-9(15(8)3)7-12-4-5-13-10(16)11-2/h6,12H,4-5,7H2,1-3H3,(H2,11,13,16). The first-order valence-electron chi connectivity index (χ1n) is 5.28. The minimum atomic E-state index is 0.676. The zero-order valence-corrected chi connectivity index (χ0v) is 10.8. The summed E-state index contributed by atoms with van der Waals surface area (Å²) in [6, 6.07) is 0. The fourth-order valence-corrected chi connectivity index (χ4v) is 1.36. The van der Waals surface area contributed by atoms with Gasteiger partial charge < -0.3 is 20.5 Å². The summed E-state index contributed by atoms with van der Waals surface area (Å²) in [5.74, 6) is 1.05. The SMILES string of the molecule is CNC(=S)NCCNCc1ncc(C)n1C. The molecule has 0 bridgehead atoms. The zero-order valence-electron chi connectivity index (χ0n) is 10.0. The molecular formula is C10H19N5S. The van der Waals surface area contributed by atoms with Gasteiger partial charge in [0.15, 0.2) is 5.11 Å². The van der Waals surface area contributed by atoms with Crippen LogP contribution in [0.2, 0.25) is 0 Å². The quantitative estimate of drug-likeness (QED) is 0.497. The Morgan fingerprint density at radius 2 is 2.25 bits per heavy atom. The second-order valence-corrected chi connectivity index (χ2v) is 3.97. The number of thiocarbonyl (C=S) groups is 1. The van der Waals surface area contributed by atoms with E-state index in [4.69, 9.17) is 12.2 Å². The minimum Gasteiger partial charge on any atom is -0.366 e. The van der Waals surface area contributed by atoms with Gasteiger partial charge in [0.2, 0.25) is 0 Å². The van der Waals surface area contributed by atoms with Crippen molar-refractivity contribution in [3.05, 3.63) is 17.7 Å². The molecule has 5 nitrogen and oxygen atoms in total. The average molecular weight is 241 g/mol. The molecule has 0 fully saturated rings. The van der Waals surface area contributed by atoms with Crippen LogP contribution < -0.4 is 16.0 Å². The maximum atomic E-state index is 4.96. The summed E-state index contributed by atoms with van der Waals surface area (Å²) in [6.07, 6.45) is 1.88. The van der Waals surface area contributed by atoms with E-state index in [1.165, 1.54) is 5.69 Å². The third-order valence-corrected chi connectivity index (χ3v) is 2.76. The number of aryl methyl sites for hydroxylation is 1. The monoisotopic (exact) mass is 241 g/mol. The maximum absolute atomic E-state index is 4.96. The summed E-state index contributed by atoms with van der Waals surface area (Å²) >= 11 is 4.96. The van der Waals surface area contributed by atoms with Gasteiger partial charge in [-0.3, -0.25) is 0 Å². The lowest BCUT2D eigenvalue weighted by Crippen LogP contribution is -2.37. The second-order valence-electron chi connectivity index (χ2n) is 3.56. The van der Waals surface area contributed by atoms with Gasteiger partial charge in [-0.2, -0.15) is 0 Å². The molecule has 0 radical (unpaired) electrons. The number of hydrogen-bond donors (Lipinski definition) is 3. The summed E-state index contributed by atoms with van der Waals surface area (Å²) in [5.41, 5.74) is 1.17. The van der Waals surface area contributed by atoms with Gasteiger partial charge in [-0.15, -0.1) is 0 Å². The Morgan fingerprint density at radius 3 is 2.81 bits per heavy atom. The summed E-state index contributed by atoms with van der Waals surface area (Å²) in [4.78, 5) is 4.31. The predicted octanol–water partition coefficient (Wildman–Crippen LogP) is -0.0880. The van der Waals surface area contributed by atoms with E-state index in [0.717, 1.165) is 25.5 Å². The molecule has 0 saturated heterocycles. The third kappa shape index (κ3) is 3.79. The molecule has 0 saturated carbocycles. The van der Waals surface area contributed by atoms with Crippen LogP contribution in [0.1, 0.15) is 11.5 Å². The van der Waals surface area contributed by atoms with Crippen molar-refractivity contribution in [1.29, 1.82) is 0 Å². The van der Waals surface area contributed by atoms with Gasteiger partial charge in [-0.05, 0) is 19.1 Å². The Kier molecular flexibility index (Phi) is 5.21. The molecule has 0 aliphatic rings. The minimum absolute atomic E-state index is 0.676. The van der Waals surface area contributed by atoms with Crippen LogP contribution in [0.4, 0.5) is 0 Å². The molecule has 3 N–H and O–H groups in total. The Labute approximate surface area is 102 Å². The lowest BCUT2D eigenvalue weighted by Gasteiger charge is -2.08. The van der Waals surface area contributed by atoms with E-state index in [0.29, 0.717) is 5.11 Å². The summed E-state index contributed by atoms with van der Waals surface area (Å²) in [7, 11) is 3.83. The normalized spacial score (nSPS) is 10.2. The molecule has 1 aromatic rings. The third-order valence-electron chi connectivity index (χ3n) is 2.41. The van der Waals surface area contributed by atoms with Gasteiger partial charge in [0.1, 0.15) is 5.82 Å². The van der Waals surface area contributed by atoms with Crippen LogP contribution in [-0.4, -0.2) is 34.8 Å². The molecule has 0 unspecified atom stereocenters. The van der Waals surface area contributed by atoms with E-state index in [1.54, 1.807) is 7.05 Å². The largest absolute Gasteiger partial charge is 0.366 e. The molecular weight excluding hydrogens is 222 g/mol. The Hall–Kier alpha value is -1.14. The first-order chi connectivity index (χ1) is 7.65. The van der Waals surface area contributed by atoms with Crippen molar-refractivity contribution in [3.63, 3.8) is 0 Å². The smallest absolute Gasteiger partial charge is 0.166 e. The van der Waals surface area contributed by atoms with Crippen LogP contribution in [-0.2, 0) is 13.6 Å². The number of hydrogen-bond acceptors (Lipinski definition) is 3. The molecule has 1 heterocycles. The van der Waals surface area contributed by atoms with E-state index in [-0.39, 0.29) is 0 Å². The lowest BCUT2D eigenvalue weighted by molar-refractivity contribution is 0.626. The molecule has 0 aliphatic carbocycles. The molecule has 0 atom stereocenters. The Morgan fingerprint density at radius 1 is 1.50 bits per heavy atom. The zero-order chi connectivity index (χ0) is 12.0. The molecule has 90 valence electrons. The fraction of sp³-hybridized carbons (Fsp3) is 0.600. The van der Waals surface area contributed by atoms with Crippen molar-refractivity contribution in [1.82, 2.24) is 25.5 Å². The van der Waals surface area contributed by atoms with Crippen molar-refractivity contribution in [2.75, 3.05) is 20.1 Å². The summed E-state index contributed by atoms with van der Waals surface area (Å²) < 4.78 is 2.08. The first-order valence-corrected chi connectivity index (χ1v) is 5.69. The Bertz CT molecular complexity index is 347. The van der Waals surface area contributed by atoms with E-state index < -0.39 is 0 Å². The highest BCUT2D eigenvalue weighted by Gasteiger charge is 2.01. The molecule has 0 aromatic carbocycles. The molecule has 0 spiro atoms. The number of nitrogens with one attached hydrogen (secondary N) is 3. The molecule has 1 rings (SSSR count). The Balaban J connectivity index is 2.16. The van der Waals surface area contributed by atoms with Gasteiger partial charge in [-0.25, -0.2) is 4.98 Å². The van der Waals surface area contributed by atoms with Crippen LogP contribution in [0, 0.1) is 6.92 Å². The average Bonchev–Trinajstić information content (AvgIpc) is 2.60. The number of imidazole rings is 1. The van der Waals surface area contributed by atoms with Crippen LogP contribution >= 0.6 is 12.2 Å². The number of aromatic nitrogens is 2. The van der Waals surface area contributed by atoms with Gasteiger partial charge >= 0.3 is 0 Å². The fourth-order valence-electron chi connectivity index (χ4n) is 1.26. The van der Waals surface area contributed by atoms with Crippen molar-refractivity contribution in [3.8, 4) is 0 Å². The van der Waals surface area contributed by atoms with Crippen LogP contribution in [0.25, 0.3) is 0 Å². The number of nitrogens with zero attached hydrogens (tertiary/aromatic N) is 2.